The number of hydrogen-bond donors (Lipinski definition) is 2. The number of H-pyrrole nitrogens is 1. The Balaban J connectivity index is 1.83. The van der Waals surface area contributed by atoms with Gasteiger partial charge in [0, 0.05) is 25.5 Å². The summed E-state index contributed by atoms with van der Waals surface area (Å²) in [6.45, 7) is 2.45. The Bertz CT molecular complexity index is 1020. The molecule has 0 bridgehead atoms. The zero-order chi connectivity index (χ0) is 22.8. The molecule has 10 heteroatoms. The highest BCUT2D eigenvalue weighted by atomic mass is 19.3. The van der Waals surface area contributed by atoms with Crippen LogP contribution in [0.3, 0.4) is 0 Å². The molecule has 3 rings (SSSR count). The van der Waals surface area contributed by atoms with E-state index in [-0.39, 0.29) is 23.3 Å². The monoisotopic (exact) mass is 439 g/mol. The summed E-state index contributed by atoms with van der Waals surface area (Å²) in [6.07, 6.45) is -0.805. The molecule has 0 spiro atoms. The number of halogens is 3. The van der Waals surface area contributed by atoms with E-state index < -0.39 is 35.2 Å². The van der Waals surface area contributed by atoms with Gasteiger partial charge in [-0.2, -0.15) is 8.78 Å². The summed E-state index contributed by atoms with van der Waals surface area (Å²) in [4.78, 5) is 31.8. The third kappa shape index (κ3) is 5.43. The first-order chi connectivity index (χ1) is 14.5. The molecule has 1 aliphatic rings. The van der Waals surface area contributed by atoms with Crippen LogP contribution >= 0.6 is 0 Å². The molecule has 2 aromatic rings. The number of carbonyl (C=O) groups is 1. The molecular formula is C21H24F3N3O4. The maximum atomic E-state index is 14.3. The van der Waals surface area contributed by atoms with Crippen LogP contribution < -0.4 is 15.6 Å². The first-order valence-corrected chi connectivity index (χ1v) is 9.79. The van der Waals surface area contributed by atoms with Crippen LogP contribution in [0.15, 0.2) is 29.1 Å². The van der Waals surface area contributed by atoms with Crippen molar-refractivity contribution >= 4 is 5.91 Å². The summed E-state index contributed by atoms with van der Waals surface area (Å²) in [6, 6.07) is 3.66. The Labute approximate surface area is 177 Å². The van der Waals surface area contributed by atoms with Gasteiger partial charge in [-0.3, -0.25) is 9.59 Å². The number of rotatable bonds is 8. The average molecular weight is 439 g/mol. The van der Waals surface area contributed by atoms with Crippen LogP contribution in [0.1, 0.15) is 61.0 Å². The van der Waals surface area contributed by atoms with Gasteiger partial charge in [-0.25, -0.2) is 9.37 Å². The molecule has 0 saturated heterocycles. The first kappa shape index (κ1) is 22.8. The smallest absolute Gasteiger partial charge is 0.395 e. The van der Waals surface area contributed by atoms with E-state index in [0.717, 1.165) is 37.5 Å². The predicted octanol–water partition coefficient (Wildman–Crippen LogP) is 3.46. The van der Waals surface area contributed by atoms with Crippen molar-refractivity contribution in [2.24, 2.45) is 0 Å². The number of methoxy groups -OCH3 is 1. The van der Waals surface area contributed by atoms with Gasteiger partial charge in [0.05, 0.1) is 12.6 Å². The van der Waals surface area contributed by atoms with E-state index in [9.17, 15) is 22.8 Å². The molecule has 2 N–H and O–H groups in total. The SMILES string of the molecule is COCC(NC(=O)c1cc(=O)[nH]c(C2(C)CCC2)n1)c1ccc(OC(C)(F)F)c(F)c1. The summed E-state index contributed by atoms with van der Waals surface area (Å²) in [5.41, 5.74) is -0.518. The maximum absolute atomic E-state index is 14.3. The highest BCUT2D eigenvalue weighted by Gasteiger charge is 2.36. The molecule has 1 saturated carbocycles. The lowest BCUT2D eigenvalue weighted by Crippen LogP contribution is -2.37. The second-order valence-corrected chi connectivity index (χ2v) is 7.97. The normalized spacial score (nSPS) is 16.3. The highest BCUT2D eigenvalue weighted by Crippen LogP contribution is 2.41. The summed E-state index contributed by atoms with van der Waals surface area (Å²) >= 11 is 0. The van der Waals surface area contributed by atoms with Crippen molar-refractivity contribution in [3.05, 3.63) is 57.5 Å². The number of benzene rings is 1. The molecule has 1 aromatic carbocycles. The number of nitrogens with zero attached hydrogens (tertiary/aromatic N) is 1. The molecule has 1 unspecified atom stereocenters. The van der Waals surface area contributed by atoms with Gasteiger partial charge >= 0.3 is 6.11 Å². The summed E-state index contributed by atoms with van der Waals surface area (Å²) in [5.74, 6) is -1.82. The number of ether oxygens (including phenoxy) is 2. The van der Waals surface area contributed by atoms with Crippen molar-refractivity contribution < 1.29 is 27.4 Å². The quantitative estimate of drug-likeness (QED) is 0.657. The molecule has 168 valence electrons. The molecule has 1 aliphatic carbocycles. The van der Waals surface area contributed by atoms with Crippen LogP contribution in [0.25, 0.3) is 0 Å². The zero-order valence-electron chi connectivity index (χ0n) is 17.4. The largest absolute Gasteiger partial charge is 0.430 e. The van der Waals surface area contributed by atoms with Crippen LogP contribution in [-0.2, 0) is 10.2 Å². The summed E-state index contributed by atoms with van der Waals surface area (Å²) in [7, 11) is 1.39. The van der Waals surface area contributed by atoms with Gasteiger partial charge in [-0.05, 0) is 30.5 Å². The molecule has 31 heavy (non-hydrogen) atoms. The van der Waals surface area contributed by atoms with Gasteiger partial charge in [0.25, 0.3) is 11.5 Å². The zero-order valence-corrected chi connectivity index (χ0v) is 17.4. The molecule has 7 nitrogen and oxygen atoms in total. The first-order valence-electron chi connectivity index (χ1n) is 9.79. The van der Waals surface area contributed by atoms with Crippen LogP contribution in [0.2, 0.25) is 0 Å². The number of aromatic nitrogens is 2. The van der Waals surface area contributed by atoms with Crippen molar-refractivity contribution in [2.75, 3.05) is 13.7 Å². The number of alkyl halides is 2. The van der Waals surface area contributed by atoms with Crippen LogP contribution in [0.4, 0.5) is 13.2 Å². The van der Waals surface area contributed by atoms with Crippen molar-refractivity contribution in [1.29, 1.82) is 0 Å². The molecule has 1 amide bonds. The minimum Gasteiger partial charge on any atom is -0.430 e. The fourth-order valence-electron chi connectivity index (χ4n) is 3.43. The molecule has 0 radical (unpaired) electrons. The van der Waals surface area contributed by atoms with E-state index in [2.05, 4.69) is 20.0 Å². The molecule has 1 atom stereocenters. The fraction of sp³-hybridized carbons (Fsp3) is 0.476. The van der Waals surface area contributed by atoms with Crippen molar-refractivity contribution in [3.8, 4) is 5.75 Å². The number of aromatic amines is 1. The second-order valence-electron chi connectivity index (χ2n) is 7.97. The average Bonchev–Trinajstić information content (AvgIpc) is 2.65. The minimum atomic E-state index is -3.54. The van der Waals surface area contributed by atoms with Gasteiger partial charge in [0.2, 0.25) is 0 Å². The van der Waals surface area contributed by atoms with E-state index in [4.69, 9.17) is 4.74 Å². The second kappa shape index (κ2) is 8.70. The standard InChI is InChI=1S/C21H24F3N3O4/c1-20(7-4-8-20)19-26-14(10-17(28)27-19)18(29)25-15(11-30-3)12-5-6-16(13(22)9-12)31-21(2,23)24/h5-6,9-10,15H,4,7-8,11H2,1-3H3,(H,25,29)(H,26,27,28). The lowest BCUT2D eigenvalue weighted by Gasteiger charge is -2.37. The molecule has 1 aromatic heterocycles. The Kier molecular flexibility index (Phi) is 6.40. The van der Waals surface area contributed by atoms with Crippen molar-refractivity contribution in [1.82, 2.24) is 15.3 Å². The minimum absolute atomic E-state index is 0.0247. The lowest BCUT2D eigenvalue weighted by atomic mass is 9.70. The van der Waals surface area contributed by atoms with E-state index >= 15 is 0 Å². The molecular weight excluding hydrogens is 415 g/mol. The van der Waals surface area contributed by atoms with Gasteiger partial charge < -0.3 is 19.8 Å². The van der Waals surface area contributed by atoms with Gasteiger partial charge in [-0.15, -0.1) is 0 Å². The van der Waals surface area contributed by atoms with Crippen LogP contribution in [0, 0.1) is 5.82 Å². The van der Waals surface area contributed by atoms with E-state index in [1.807, 2.05) is 6.92 Å². The molecule has 1 fully saturated rings. The fourth-order valence-corrected chi connectivity index (χ4v) is 3.43. The van der Waals surface area contributed by atoms with Gasteiger partial charge in [0.1, 0.15) is 11.5 Å². The van der Waals surface area contributed by atoms with E-state index in [0.29, 0.717) is 12.7 Å². The van der Waals surface area contributed by atoms with Crippen LogP contribution in [0.5, 0.6) is 5.75 Å². The Morgan fingerprint density at radius 1 is 1.35 bits per heavy atom. The Morgan fingerprint density at radius 3 is 2.61 bits per heavy atom. The summed E-state index contributed by atoms with van der Waals surface area (Å²) < 4.78 is 49.6. The maximum Gasteiger partial charge on any atom is 0.395 e. The summed E-state index contributed by atoms with van der Waals surface area (Å²) in [5, 5.41) is 2.65. The number of amides is 1. The van der Waals surface area contributed by atoms with E-state index in [1.165, 1.54) is 13.2 Å². The molecule has 0 aliphatic heterocycles. The van der Waals surface area contributed by atoms with Crippen molar-refractivity contribution in [2.45, 2.75) is 50.7 Å². The number of carbonyl (C=O) groups excluding carboxylic acids is 1. The number of nitrogens with one attached hydrogen (secondary N) is 2. The third-order valence-corrected chi connectivity index (χ3v) is 5.29. The van der Waals surface area contributed by atoms with Crippen molar-refractivity contribution in [3.63, 3.8) is 0 Å². The topological polar surface area (TPSA) is 93.3 Å². The number of hydrogen-bond acceptors (Lipinski definition) is 5. The van der Waals surface area contributed by atoms with Gasteiger partial charge in [0.15, 0.2) is 11.6 Å². The Hall–Kier alpha value is -2.88. The van der Waals surface area contributed by atoms with Gasteiger partial charge in [-0.1, -0.05) is 19.4 Å². The molecule has 1 heterocycles. The highest BCUT2D eigenvalue weighted by molar-refractivity contribution is 5.92. The Morgan fingerprint density at radius 2 is 2.06 bits per heavy atom. The lowest BCUT2D eigenvalue weighted by molar-refractivity contribution is -0.160. The third-order valence-electron chi connectivity index (χ3n) is 5.29. The predicted molar refractivity (Wildman–Crippen MR) is 106 cm³/mol. The van der Waals surface area contributed by atoms with Crippen LogP contribution in [-0.4, -0.2) is 35.7 Å². The van der Waals surface area contributed by atoms with E-state index in [1.54, 1.807) is 0 Å².